The summed E-state index contributed by atoms with van der Waals surface area (Å²) in [5, 5.41) is 3.31. The van der Waals surface area contributed by atoms with E-state index in [1.807, 2.05) is 0 Å². The number of nitrogens with zero attached hydrogens (tertiary/aromatic N) is 3. The predicted octanol–water partition coefficient (Wildman–Crippen LogP) is 3.31. The molecule has 1 aromatic heterocycles. The van der Waals surface area contributed by atoms with E-state index < -0.39 is 0 Å². The summed E-state index contributed by atoms with van der Waals surface area (Å²) in [6.45, 7) is 2.11. The molecule has 0 radical (unpaired) electrons. The number of hydrogen-bond donors (Lipinski definition) is 1. The molecule has 1 heterocycles. The molecule has 2 rings (SSSR count). The molecule has 19 heavy (non-hydrogen) atoms. The average Bonchev–Trinajstić information content (AvgIpc) is 2.46. The van der Waals surface area contributed by atoms with Gasteiger partial charge in [-0.2, -0.15) is 0 Å². The van der Waals surface area contributed by atoms with Gasteiger partial charge in [-0.1, -0.05) is 19.3 Å². The van der Waals surface area contributed by atoms with E-state index in [1.165, 1.54) is 32.1 Å². The molecule has 1 aromatic rings. The molecular formula is C14H23BrN4. The van der Waals surface area contributed by atoms with Gasteiger partial charge in [0.1, 0.15) is 10.4 Å². The van der Waals surface area contributed by atoms with Crippen LogP contribution in [0, 0.1) is 0 Å². The summed E-state index contributed by atoms with van der Waals surface area (Å²) >= 11 is 3.28. The van der Waals surface area contributed by atoms with Crippen molar-refractivity contribution < 1.29 is 0 Å². The van der Waals surface area contributed by atoms with Crippen LogP contribution in [0.5, 0.6) is 0 Å². The van der Waals surface area contributed by atoms with E-state index in [2.05, 4.69) is 43.2 Å². The number of hydrogen-bond acceptors (Lipinski definition) is 4. The van der Waals surface area contributed by atoms with Crippen molar-refractivity contribution in [3.63, 3.8) is 0 Å². The molecule has 1 fully saturated rings. The Labute approximate surface area is 124 Å². The highest BCUT2D eigenvalue weighted by Crippen LogP contribution is 2.21. The Morgan fingerprint density at radius 2 is 2.05 bits per heavy atom. The van der Waals surface area contributed by atoms with Gasteiger partial charge in [0.25, 0.3) is 0 Å². The van der Waals surface area contributed by atoms with Crippen LogP contribution >= 0.6 is 15.9 Å². The van der Waals surface area contributed by atoms with Gasteiger partial charge in [-0.15, -0.1) is 0 Å². The average molecular weight is 327 g/mol. The zero-order valence-electron chi connectivity index (χ0n) is 11.6. The van der Waals surface area contributed by atoms with Gasteiger partial charge in [-0.05, 0) is 48.8 Å². The maximum absolute atomic E-state index is 4.25. The molecule has 0 saturated heterocycles. The van der Waals surface area contributed by atoms with Crippen LogP contribution < -0.4 is 5.32 Å². The maximum Gasteiger partial charge on any atom is 0.144 e. The fraction of sp³-hybridized carbons (Fsp3) is 0.714. The van der Waals surface area contributed by atoms with E-state index in [0.29, 0.717) is 0 Å². The van der Waals surface area contributed by atoms with Crippen LogP contribution in [0.3, 0.4) is 0 Å². The van der Waals surface area contributed by atoms with E-state index in [4.69, 9.17) is 0 Å². The molecule has 0 bridgehead atoms. The Morgan fingerprint density at radius 1 is 1.26 bits per heavy atom. The van der Waals surface area contributed by atoms with E-state index in [9.17, 15) is 0 Å². The third kappa shape index (κ3) is 5.07. The van der Waals surface area contributed by atoms with E-state index >= 15 is 0 Å². The van der Waals surface area contributed by atoms with Crippen LogP contribution in [-0.2, 0) is 0 Å². The number of aromatic nitrogens is 2. The minimum Gasteiger partial charge on any atom is -0.369 e. The molecule has 0 aromatic carbocycles. The second kappa shape index (κ2) is 7.80. The second-order valence-corrected chi connectivity index (χ2v) is 6.09. The van der Waals surface area contributed by atoms with Crippen molar-refractivity contribution in [2.75, 3.05) is 25.5 Å². The third-order valence-electron chi connectivity index (χ3n) is 3.81. The first-order valence-electron chi connectivity index (χ1n) is 7.17. The van der Waals surface area contributed by atoms with Crippen LogP contribution in [0.25, 0.3) is 0 Å². The first-order chi connectivity index (χ1) is 9.25. The van der Waals surface area contributed by atoms with Gasteiger partial charge in [-0.3, -0.25) is 0 Å². The first-order valence-corrected chi connectivity index (χ1v) is 7.96. The predicted molar refractivity (Wildman–Crippen MR) is 82.3 cm³/mol. The lowest BCUT2D eigenvalue weighted by molar-refractivity contribution is 0.191. The standard InChI is InChI=1S/C14H23BrN4/c1-19(12-6-3-2-4-7-12)9-5-8-16-14-11-17-13(15)10-18-14/h10-12H,2-9H2,1H3,(H,16,18). The topological polar surface area (TPSA) is 41.0 Å². The molecule has 0 aliphatic heterocycles. The van der Waals surface area contributed by atoms with Crippen molar-refractivity contribution in [3.8, 4) is 0 Å². The molecule has 0 spiro atoms. The van der Waals surface area contributed by atoms with Crippen LogP contribution in [0.4, 0.5) is 5.82 Å². The van der Waals surface area contributed by atoms with Crippen molar-refractivity contribution in [1.82, 2.24) is 14.9 Å². The molecule has 1 saturated carbocycles. The van der Waals surface area contributed by atoms with Gasteiger partial charge in [0.2, 0.25) is 0 Å². The van der Waals surface area contributed by atoms with Crippen molar-refractivity contribution in [1.29, 1.82) is 0 Å². The number of anilines is 1. The van der Waals surface area contributed by atoms with Crippen molar-refractivity contribution >= 4 is 21.7 Å². The highest BCUT2D eigenvalue weighted by atomic mass is 79.9. The number of halogens is 1. The summed E-state index contributed by atoms with van der Waals surface area (Å²) in [5.74, 6) is 0.850. The molecular weight excluding hydrogens is 304 g/mol. The Bertz CT molecular complexity index is 362. The van der Waals surface area contributed by atoms with Crippen LogP contribution in [-0.4, -0.2) is 41.0 Å². The molecule has 1 aliphatic carbocycles. The first kappa shape index (κ1) is 14.7. The number of rotatable bonds is 6. The van der Waals surface area contributed by atoms with E-state index in [1.54, 1.807) is 12.4 Å². The van der Waals surface area contributed by atoms with Gasteiger partial charge in [-0.25, -0.2) is 9.97 Å². The minimum atomic E-state index is 0.773. The molecule has 0 unspecified atom stereocenters. The summed E-state index contributed by atoms with van der Waals surface area (Å²) < 4.78 is 0.773. The Kier molecular flexibility index (Phi) is 6.04. The van der Waals surface area contributed by atoms with Gasteiger partial charge in [0.15, 0.2) is 0 Å². The lowest BCUT2D eigenvalue weighted by Gasteiger charge is -2.31. The Balaban J connectivity index is 1.62. The second-order valence-electron chi connectivity index (χ2n) is 5.28. The van der Waals surface area contributed by atoms with Gasteiger partial charge in [0, 0.05) is 12.6 Å². The maximum atomic E-state index is 4.25. The van der Waals surface area contributed by atoms with Gasteiger partial charge < -0.3 is 10.2 Å². The van der Waals surface area contributed by atoms with E-state index in [0.717, 1.165) is 36.0 Å². The number of nitrogens with one attached hydrogen (secondary N) is 1. The Morgan fingerprint density at radius 3 is 2.74 bits per heavy atom. The highest BCUT2D eigenvalue weighted by molar-refractivity contribution is 9.10. The van der Waals surface area contributed by atoms with E-state index in [-0.39, 0.29) is 0 Å². The van der Waals surface area contributed by atoms with Crippen molar-refractivity contribution in [2.45, 2.75) is 44.6 Å². The fourth-order valence-electron chi connectivity index (χ4n) is 2.65. The quantitative estimate of drug-likeness (QED) is 0.814. The zero-order valence-corrected chi connectivity index (χ0v) is 13.2. The largest absolute Gasteiger partial charge is 0.369 e. The van der Waals surface area contributed by atoms with Gasteiger partial charge in [0.05, 0.1) is 12.4 Å². The molecule has 4 nitrogen and oxygen atoms in total. The van der Waals surface area contributed by atoms with Gasteiger partial charge >= 0.3 is 0 Å². The smallest absolute Gasteiger partial charge is 0.144 e. The molecule has 0 amide bonds. The van der Waals surface area contributed by atoms with Crippen molar-refractivity contribution in [2.24, 2.45) is 0 Å². The Hall–Kier alpha value is -0.680. The summed E-state index contributed by atoms with van der Waals surface area (Å²) in [6, 6.07) is 0.807. The molecule has 5 heteroatoms. The normalized spacial score (nSPS) is 16.8. The summed E-state index contributed by atoms with van der Waals surface area (Å²) in [4.78, 5) is 10.9. The highest BCUT2D eigenvalue weighted by Gasteiger charge is 2.17. The SMILES string of the molecule is CN(CCCNc1cnc(Br)cn1)C1CCCCC1. The van der Waals surface area contributed by atoms with Crippen LogP contribution in [0.15, 0.2) is 17.0 Å². The third-order valence-corrected chi connectivity index (χ3v) is 4.22. The fourth-order valence-corrected chi connectivity index (χ4v) is 2.86. The lowest BCUT2D eigenvalue weighted by atomic mass is 9.94. The molecule has 0 atom stereocenters. The molecule has 1 N–H and O–H groups in total. The summed E-state index contributed by atoms with van der Waals surface area (Å²) in [7, 11) is 2.26. The lowest BCUT2D eigenvalue weighted by Crippen LogP contribution is -2.34. The zero-order chi connectivity index (χ0) is 13.5. The monoisotopic (exact) mass is 326 g/mol. The summed E-state index contributed by atoms with van der Waals surface area (Å²) in [6.07, 6.45) is 11.6. The molecule has 1 aliphatic rings. The van der Waals surface area contributed by atoms with Crippen molar-refractivity contribution in [3.05, 3.63) is 17.0 Å². The van der Waals surface area contributed by atoms with Crippen LogP contribution in [0.2, 0.25) is 0 Å². The summed E-state index contributed by atoms with van der Waals surface area (Å²) in [5.41, 5.74) is 0. The molecule has 106 valence electrons. The minimum absolute atomic E-state index is 0.773. The van der Waals surface area contributed by atoms with Crippen LogP contribution in [0.1, 0.15) is 38.5 Å².